The van der Waals surface area contributed by atoms with Crippen LogP contribution in [-0.4, -0.2) is 44.5 Å². The number of thioether (sulfide) groups is 1. The van der Waals surface area contributed by atoms with Gasteiger partial charge in [0.05, 0.1) is 4.91 Å². The predicted molar refractivity (Wildman–Crippen MR) is 124 cm³/mol. The van der Waals surface area contributed by atoms with Crippen molar-refractivity contribution < 1.29 is 18.8 Å². The maximum atomic E-state index is 13.3. The van der Waals surface area contributed by atoms with E-state index in [2.05, 4.69) is 6.07 Å². The second-order valence-corrected chi connectivity index (χ2v) is 8.87. The summed E-state index contributed by atoms with van der Waals surface area (Å²) in [5.41, 5.74) is 3.71. The van der Waals surface area contributed by atoms with E-state index in [1.54, 1.807) is 46.0 Å². The molecule has 8 heteroatoms. The van der Waals surface area contributed by atoms with Crippen LogP contribution in [-0.2, 0) is 22.6 Å². The van der Waals surface area contributed by atoms with Crippen LogP contribution in [0.15, 0.2) is 71.8 Å². The van der Waals surface area contributed by atoms with E-state index in [0.717, 1.165) is 34.3 Å². The van der Waals surface area contributed by atoms with Crippen molar-refractivity contribution in [1.29, 1.82) is 0 Å². The van der Waals surface area contributed by atoms with E-state index in [4.69, 9.17) is 0 Å². The van der Waals surface area contributed by atoms with Crippen molar-refractivity contribution in [3.8, 4) is 5.69 Å². The van der Waals surface area contributed by atoms with Crippen LogP contribution in [0, 0.1) is 5.82 Å². The number of aromatic nitrogens is 1. The minimum atomic E-state index is -0.484. The lowest BCUT2D eigenvalue weighted by Crippen LogP contribution is -2.44. The molecule has 0 radical (unpaired) electrons. The van der Waals surface area contributed by atoms with E-state index in [-0.39, 0.29) is 23.2 Å². The molecule has 3 aromatic rings. The molecule has 3 heterocycles. The first-order chi connectivity index (χ1) is 16.0. The van der Waals surface area contributed by atoms with Crippen LogP contribution in [0.2, 0.25) is 0 Å². The Kier molecular flexibility index (Phi) is 5.60. The molecule has 0 N–H and O–H groups in total. The summed E-state index contributed by atoms with van der Waals surface area (Å²) in [5.74, 6) is -1.07. The minimum Gasteiger partial charge on any atom is -0.336 e. The Hall–Kier alpha value is -3.65. The van der Waals surface area contributed by atoms with Crippen molar-refractivity contribution in [2.24, 2.45) is 0 Å². The standard InChI is InChI=1S/C25H20FN3O3S/c26-19-7-9-20(10-8-19)28-12-3-6-21(28)14-22-24(31)29(25(32)33-22)16-23(30)27-13-11-17-4-1-2-5-18(17)15-27/h1-10,12,14H,11,13,15-16H2/b22-14-. The molecule has 166 valence electrons. The third-order valence-electron chi connectivity index (χ3n) is 5.81. The van der Waals surface area contributed by atoms with Gasteiger partial charge in [-0.1, -0.05) is 24.3 Å². The lowest BCUT2D eigenvalue weighted by molar-refractivity contribution is -0.136. The molecule has 0 aliphatic carbocycles. The number of hydrogen-bond acceptors (Lipinski definition) is 4. The van der Waals surface area contributed by atoms with E-state index in [0.29, 0.717) is 18.8 Å². The van der Waals surface area contributed by atoms with Gasteiger partial charge < -0.3 is 9.47 Å². The van der Waals surface area contributed by atoms with Crippen molar-refractivity contribution in [3.63, 3.8) is 0 Å². The molecule has 6 nitrogen and oxygen atoms in total. The van der Waals surface area contributed by atoms with E-state index in [9.17, 15) is 18.8 Å². The predicted octanol–water partition coefficient (Wildman–Crippen LogP) is 4.24. The van der Waals surface area contributed by atoms with Crippen LogP contribution < -0.4 is 0 Å². The molecular formula is C25H20FN3O3S. The molecule has 33 heavy (non-hydrogen) atoms. The second kappa shape index (κ2) is 8.71. The van der Waals surface area contributed by atoms with Crippen LogP contribution in [0.1, 0.15) is 16.8 Å². The highest BCUT2D eigenvalue weighted by Crippen LogP contribution is 2.33. The van der Waals surface area contributed by atoms with Gasteiger partial charge in [0.1, 0.15) is 12.4 Å². The van der Waals surface area contributed by atoms with Crippen molar-refractivity contribution in [2.45, 2.75) is 13.0 Å². The van der Waals surface area contributed by atoms with Gasteiger partial charge in [-0.15, -0.1) is 0 Å². The lowest BCUT2D eigenvalue weighted by Gasteiger charge is -2.29. The molecule has 3 amide bonds. The van der Waals surface area contributed by atoms with Crippen molar-refractivity contribution in [2.75, 3.05) is 13.1 Å². The van der Waals surface area contributed by atoms with Crippen molar-refractivity contribution >= 4 is 34.9 Å². The molecule has 2 aliphatic rings. The van der Waals surface area contributed by atoms with Gasteiger partial charge in [-0.2, -0.15) is 0 Å². The number of rotatable bonds is 4. The number of carbonyl (C=O) groups excluding carboxylic acids is 3. The maximum Gasteiger partial charge on any atom is 0.294 e. The third kappa shape index (κ3) is 4.21. The molecule has 1 aromatic heterocycles. The van der Waals surface area contributed by atoms with Crippen LogP contribution >= 0.6 is 11.8 Å². The molecule has 2 aromatic carbocycles. The Morgan fingerprint density at radius 1 is 1.00 bits per heavy atom. The number of imide groups is 1. The Bertz CT molecular complexity index is 1280. The summed E-state index contributed by atoms with van der Waals surface area (Å²) in [6.45, 7) is 0.766. The first-order valence-electron chi connectivity index (χ1n) is 10.5. The zero-order valence-electron chi connectivity index (χ0n) is 17.6. The quantitative estimate of drug-likeness (QED) is 0.546. The van der Waals surface area contributed by atoms with Crippen LogP contribution in [0.3, 0.4) is 0 Å². The van der Waals surface area contributed by atoms with E-state index >= 15 is 0 Å². The van der Waals surface area contributed by atoms with Crippen LogP contribution in [0.4, 0.5) is 9.18 Å². The first kappa shape index (κ1) is 21.2. The van der Waals surface area contributed by atoms with Gasteiger partial charge in [0.15, 0.2) is 0 Å². The van der Waals surface area contributed by atoms with Gasteiger partial charge >= 0.3 is 0 Å². The fourth-order valence-electron chi connectivity index (χ4n) is 4.06. The number of benzene rings is 2. The molecule has 0 spiro atoms. The number of halogens is 1. The molecule has 0 unspecified atom stereocenters. The highest BCUT2D eigenvalue weighted by atomic mass is 32.2. The third-order valence-corrected chi connectivity index (χ3v) is 6.72. The summed E-state index contributed by atoms with van der Waals surface area (Å²) >= 11 is 0.818. The summed E-state index contributed by atoms with van der Waals surface area (Å²) in [6, 6.07) is 17.6. The highest BCUT2D eigenvalue weighted by molar-refractivity contribution is 8.18. The molecule has 0 saturated carbocycles. The normalized spacial score (nSPS) is 17.1. The number of carbonyl (C=O) groups is 3. The van der Waals surface area contributed by atoms with Gasteiger partial charge in [0.25, 0.3) is 11.1 Å². The van der Waals surface area contributed by atoms with Gasteiger partial charge in [0, 0.05) is 30.7 Å². The summed E-state index contributed by atoms with van der Waals surface area (Å²) in [6.07, 6.45) is 4.17. The van der Waals surface area contributed by atoms with Gasteiger partial charge in [-0.05, 0) is 71.8 Å². The summed E-state index contributed by atoms with van der Waals surface area (Å²) in [7, 11) is 0. The number of fused-ring (bicyclic) bond motifs is 1. The number of amides is 3. The van der Waals surface area contributed by atoms with Crippen LogP contribution in [0.5, 0.6) is 0 Å². The van der Waals surface area contributed by atoms with E-state index in [1.807, 2.05) is 18.2 Å². The molecule has 0 bridgehead atoms. The zero-order valence-corrected chi connectivity index (χ0v) is 18.4. The lowest BCUT2D eigenvalue weighted by atomic mass is 10.00. The minimum absolute atomic E-state index is 0.247. The van der Waals surface area contributed by atoms with Crippen LogP contribution in [0.25, 0.3) is 11.8 Å². The van der Waals surface area contributed by atoms with Gasteiger partial charge in [0.2, 0.25) is 5.91 Å². The molecule has 2 aliphatic heterocycles. The Morgan fingerprint density at radius 3 is 2.55 bits per heavy atom. The van der Waals surface area contributed by atoms with E-state index < -0.39 is 11.1 Å². The average molecular weight is 462 g/mol. The molecule has 1 fully saturated rings. The van der Waals surface area contributed by atoms with Gasteiger partial charge in [-0.3, -0.25) is 19.3 Å². The Balaban J connectivity index is 1.31. The Morgan fingerprint density at radius 2 is 1.76 bits per heavy atom. The maximum absolute atomic E-state index is 13.3. The SMILES string of the molecule is O=C(CN1C(=O)S/C(=C\c2cccn2-c2ccc(F)cc2)C1=O)N1CCc2ccccc2C1. The largest absolute Gasteiger partial charge is 0.336 e. The number of nitrogens with zero attached hydrogens (tertiary/aromatic N) is 3. The topological polar surface area (TPSA) is 62.6 Å². The Labute approximate surface area is 194 Å². The van der Waals surface area contributed by atoms with E-state index in [1.165, 1.54) is 17.7 Å². The molecular weight excluding hydrogens is 441 g/mol. The summed E-state index contributed by atoms with van der Waals surface area (Å²) in [5, 5.41) is -0.461. The first-order valence-corrected chi connectivity index (χ1v) is 11.3. The molecule has 5 rings (SSSR count). The zero-order chi connectivity index (χ0) is 22.9. The second-order valence-electron chi connectivity index (χ2n) is 7.88. The summed E-state index contributed by atoms with van der Waals surface area (Å²) in [4.78, 5) is 41.3. The molecule has 0 atom stereocenters. The fraction of sp³-hybridized carbons (Fsp3) is 0.160. The smallest absolute Gasteiger partial charge is 0.294 e. The monoisotopic (exact) mass is 461 g/mol. The average Bonchev–Trinajstić information content (AvgIpc) is 3.39. The molecule has 1 saturated heterocycles. The highest BCUT2D eigenvalue weighted by Gasteiger charge is 2.37. The van der Waals surface area contributed by atoms with Crippen molar-refractivity contribution in [1.82, 2.24) is 14.4 Å². The van der Waals surface area contributed by atoms with Crippen molar-refractivity contribution in [3.05, 3.63) is 94.4 Å². The summed E-state index contributed by atoms with van der Waals surface area (Å²) < 4.78 is 15.1. The fourth-order valence-corrected chi connectivity index (χ4v) is 4.89. The number of hydrogen-bond donors (Lipinski definition) is 0. The van der Waals surface area contributed by atoms with Gasteiger partial charge in [-0.25, -0.2) is 4.39 Å².